The normalized spacial score (nSPS) is 10.8. The maximum atomic E-state index is 11.7. The molecule has 6 heteroatoms. The fourth-order valence-corrected chi connectivity index (χ4v) is 1.80. The van der Waals surface area contributed by atoms with Crippen molar-refractivity contribution in [3.05, 3.63) is 50.1 Å². The molecule has 96 valence electrons. The van der Waals surface area contributed by atoms with E-state index in [4.69, 9.17) is 0 Å². The van der Waals surface area contributed by atoms with Gasteiger partial charge in [-0.25, -0.2) is 4.79 Å². The van der Waals surface area contributed by atoms with Gasteiger partial charge in [0.15, 0.2) is 0 Å². The molecule has 0 bridgehead atoms. The van der Waals surface area contributed by atoms with E-state index in [1.165, 1.54) is 4.57 Å². The lowest BCUT2D eigenvalue weighted by molar-refractivity contribution is 0.634. The smallest absolute Gasteiger partial charge is 0.294 e. The highest BCUT2D eigenvalue weighted by molar-refractivity contribution is 5.11. The van der Waals surface area contributed by atoms with Gasteiger partial charge in [0.2, 0.25) is 0 Å². The van der Waals surface area contributed by atoms with E-state index in [9.17, 15) is 9.59 Å². The summed E-state index contributed by atoms with van der Waals surface area (Å²) in [7, 11) is 1.85. The molecule has 6 nitrogen and oxygen atoms in total. The van der Waals surface area contributed by atoms with Gasteiger partial charge in [-0.3, -0.25) is 19.0 Å². The van der Waals surface area contributed by atoms with Gasteiger partial charge >= 0.3 is 5.69 Å². The zero-order chi connectivity index (χ0) is 13.3. The number of aromatic amines is 1. The molecular weight excluding hydrogens is 232 g/mol. The zero-order valence-electron chi connectivity index (χ0n) is 10.7. The monoisotopic (exact) mass is 248 g/mol. The third-order valence-corrected chi connectivity index (χ3v) is 2.91. The van der Waals surface area contributed by atoms with Crippen LogP contribution in [0, 0.1) is 6.92 Å². The van der Waals surface area contributed by atoms with Gasteiger partial charge in [0, 0.05) is 18.8 Å². The molecule has 0 unspecified atom stereocenters. The van der Waals surface area contributed by atoms with Crippen LogP contribution in [0.15, 0.2) is 21.9 Å². The van der Waals surface area contributed by atoms with Crippen molar-refractivity contribution in [3.8, 4) is 0 Å². The lowest BCUT2D eigenvalue weighted by Gasteiger charge is -2.05. The summed E-state index contributed by atoms with van der Waals surface area (Å²) in [5.41, 5.74) is 1.70. The highest BCUT2D eigenvalue weighted by Crippen LogP contribution is 2.05. The summed E-state index contributed by atoms with van der Waals surface area (Å²) in [6.45, 7) is 4.11. The molecule has 0 aliphatic heterocycles. The van der Waals surface area contributed by atoms with Gasteiger partial charge in [-0.2, -0.15) is 5.10 Å². The Kier molecular flexibility index (Phi) is 3.18. The van der Waals surface area contributed by atoms with Crippen LogP contribution in [-0.4, -0.2) is 19.3 Å². The second kappa shape index (κ2) is 4.64. The van der Waals surface area contributed by atoms with Gasteiger partial charge in [0.05, 0.1) is 17.9 Å². The van der Waals surface area contributed by atoms with Crippen LogP contribution < -0.4 is 11.2 Å². The van der Waals surface area contributed by atoms with E-state index in [2.05, 4.69) is 10.1 Å². The van der Waals surface area contributed by atoms with Crippen LogP contribution in [0.3, 0.4) is 0 Å². The molecule has 2 aromatic rings. The van der Waals surface area contributed by atoms with E-state index in [1.54, 1.807) is 17.8 Å². The van der Waals surface area contributed by atoms with E-state index in [0.717, 1.165) is 17.8 Å². The Balaban J connectivity index is 2.39. The minimum atomic E-state index is -0.398. The maximum Gasteiger partial charge on any atom is 0.328 e. The first-order valence-electron chi connectivity index (χ1n) is 5.83. The summed E-state index contributed by atoms with van der Waals surface area (Å²) in [4.78, 5) is 25.2. The molecule has 0 aliphatic rings. The molecule has 1 N–H and O–H groups in total. The van der Waals surface area contributed by atoms with Crippen LogP contribution >= 0.6 is 0 Å². The van der Waals surface area contributed by atoms with Gasteiger partial charge in [-0.1, -0.05) is 6.92 Å². The van der Waals surface area contributed by atoms with E-state index in [1.807, 2.05) is 20.0 Å². The maximum absolute atomic E-state index is 11.7. The summed E-state index contributed by atoms with van der Waals surface area (Å²) >= 11 is 0. The van der Waals surface area contributed by atoms with E-state index < -0.39 is 5.69 Å². The molecule has 0 amide bonds. The largest absolute Gasteiger partial charge is 0.328 e. The SMILES string of the molecule is CCc1cc(Cn2cc(C)c(=O)[nH]c2=O)n(C)n1. The fourth-order valence-electron chi connectivity index (χ4n) is 1.80. The molecule has 2 rings (SSSR count). The third-order valence-electron chi connectivity index (χ3n) is 2.91. The van der Waals surface area contributed by atoms with Crippen molar-refractivity contribution in [1.29, 1.82) is 0 Å². The summed E-state index contributed by atoms with van der Waals surface area (Å²) in [6.07, 6.45) is 2.42. The molecular formula is C12H16N4O2. The Bertz CT molecular complexity index is 678. The first kappa shape index (κ1) is 12.3. The zero-order valence-corrected chi connectivity index (χ0v) is 10.7. The molecule has 0 aliphatic carbocycles. The molecule has 18 heavy (non-hydrogen) atoms. The van der Waals surface area contributed by atoms with Crippen LogP contribution in [-0.2, 0) is 20.0 Å². The molecule has 2 aromatic heterocycles. The molecule has 2 heterocycles. The molecule has 0 aromatic carbocycles. The van der Waals surface area contributed by atoms with Gasteiger partial charge in [-0.15, -0.1) is 0 Å². The van der Waals surface area contributed by atoms with Crippen molar-refractivity contribution < 1.29 is 0 Å². The first-order chi connectivity index (χ1) is 8.51. The van der Waals surface area contributed by atoms with Crippen LogP contribution in [0.25, 0.3) is 0 Å². The summed E-state index contributed by atoms with van der Waals surface area (Å²) in [6, 6.07) is 1.97. The quantitative estimate of drug-likeness (QED) is 0.842. The number of aryl methyl sites for hydroxylation is 3. The Labute approximate surface area is 104 Å². The minimum Gasteiger partial charge on any atom is -0.294 e. The highest BCUT2D eigenvalue weighted by Gasteiger charge is 2.07. The molecule has 0 radical (unpaired) electrons. The van der Waals surface area contributed by atoms with Gasteiger partial charge in [-0.05, 0) is 19.4 Å². The Morgan fingerprint density at radius 1 is 1.39 bits per heavy atom. The van der Waals surface area contributed by atoms with Crippen molar-refractivity contribution in [2.75, 3.05) is 0 Å². The number of aromatic nitrogens is 4. The van der Waals surface area contributed by atoms with E-state index >= 15 is 0 Å². The van der Waals surface area contributed by atoms with Crippen LogP contribution in [0.5, 0.6) is 0 Å². The van der Waals surface area contributed by atoms with Gasteiger partial charge < -0.3 is 0 Å². The molecule has 0 fully saturated rings. The summed E-state index contributed by atoms with van der Waals surface area (Å²) in [5.74, 6) is 0. The minimum absolute atomic E-state index is 0.337. The molecule has 0 spiro atoms. The number of hydrogen-bond acceptors (Lipinski definition) is 3. The van der Waals surface area contributed by atoms with Gasteiger partial charge in [0.25, 0.3) is 5.56 Å². The predicted molar refractivity (Wildman–Crippen MR) is 67.7 cm³/mol. The van der Waals surface area contributed by atoms with Crippen molar-refractivity contribution in [2.45, 2.75) is 26.8 Å². The average molecular weight is 248 g/mol. The average Bonchev–Trinajstić information content (AvgIpc) is 2.67. The van der Waals surface area contributed by atoms with Crippen molar-refractivity contribution in [3.63, 3.8) is 0 Å². The summed E-state index contributed by atoms with van der Waals surface area (Å²) < 4.78 is 3.24. The molecule has 0 atom stereocenters. The topological polar surface area (TPSA) is 72.7 Å². The first-order valence-corrected chi connectivity index (χ1v) is 5.83. The Morgan fingerprint density at radius 3 is 2.72 bits per heavy atom. The summed E-state index contributed by atoms with van der Waals surface area (Å²) in [5, 5.41) is 4.32. The Morgan fingerprint density at radius 2 is 2.11 bits per heavy atom. The fraction of sp³-hybridized carbons (Fsp3) is 0.417. The Hall–Kier alpha value is -2.11. The van der Waals surface area contributed by atoms with Crippen LogP contribution in [0.2, 0.25) is 0 Å². The highest BCUT2D eigenvalue weighted by atomic mass is 16.2. The van der Waals surface area contributed by atoms with E-state index in [-0.39, 0.29) is 5.56 Å². The second-order valence-corrected chi connectivity index (χ2v) is 4.30. The van der Waals surface area contributed by atoms with E-state index in [0.29, 0.717) is 12.1 Å². The number of H-pyrrole nitrogens is 1. The number of rotatable bonds is 3. The number of nitrogens with zero attached hydrogens (tertiary/aromatic N) is 3. The van der Waals surface area contributed by atoms with Crippen molar-refractivity contribution >= 4 is 0 Å². The number of nitrogens with one attached hydrogen (secondary N) is 1. The van der Waals surface area contributed by atoms with Crippen LogP contribution in [0.4, 0.5) is 0 Å². The lowest BCUT2D eigenvalue weighted by Crippen LogP contribution is -2.31. The number of hydrogen-bond donors (Lipinski definition) is 1. The molecule has 0 saturated carbocycles. The second-order valence-electron chi connectivity index (χ2n) is 4.30. The van der Waals surface area contributed by atoms with Gasteiger partial charge in [0.1, 0.15) is 0 Å². The lowest BCUT2D eigenvalue weighted by atomic mass is 10.3. The predicted octanol–water partition coefficient (Wildman–Crippen LogP) is 0.189. The van der Waals surface area contributed by atoms with Crippen molar-refractivity contribution in [2.24, 2.45) is 7.05 Å². The standard InChI is InChI=1S/C12H16N4O2/c1-4-9-5-10(15(3)14-9)7-16-6-8(2)11(17)13-12(16)18/h5-6H,4,7H2,1-3H3,(H,13,17,18). The third kappa shape index (κ3) is 2.27. The van der Waals surface area contributed by atoms with Crippen molar-refractivity contribution in [1.82, 2.24) is 19.3 Å². The molecule has 0 saturated heterocycles. The van der Waals surface area contributed by atoms with Crippen LogP contribution in [0.1, 0.15) is 23.9 Å².